The number of rotatable bonds is 4. The van der Waals surface area contributed by atoms with E-state index in [0.29, 0.717) is 17.2 Å². The maximum atomic E-state index is 12.8. The van der Waals surface area contributed by atoms with Crippen LogP contribution in [-0.2, 0) is 0 Å². The van der Waals surface area contributed by atoms with Gasteiger partial charge in [0.1, 0.15) is 0 Å². The molecule has 0 saturated heterocycles. The number of carbonyl (C=O) groups is 1. The summed E-state index contributed by atoms with van der Waals surface area (Å²) in [6.45, 7) is 0. The number of allylic oxidation sites excluding steroid dienone is 2. The Hall–Kier alpha value is -3.64. The van der Waals surface area contributed by atoms with Crippen molar-refractivity contribution in [2.45, 2.75) is 18.4 Å². The number of nitro groups is 1. The summed E-state index contributed by atoms with van der Waals surface area (Å²) in [5.41, 5.74) is 4.36. The fourth-order valence-electron chi connectivity index (χ4n) is 4.61. The van der Waals surface area contributed by atoms with Gasteiger partial charge in [0.25, 0.3) is 11.6 Å². The highest BCUT2D eigenvalue weighted by atomic mass is 35.5. The quantitative estimate of drug-likeness (QED) is 0.279. The molecule has 160 valence electrons. The zero-order valence-electron chi connectivity index (χ0n) is 17.0. The number of benzene rings is 3. The molecule has 0 saturated carbocycles. The van der Waals surface area contributed by atoms with Crippen LogP contribution < -0.4 is 10.6 Å². The highest BCUT2D eigenvalue weighted by Crippen LogP contribution is 2.50. The Bertz CT molecular complexity index is 1220. The number of hydrogen-bond acceptors (Lipinski definition) is 4. The monoisotopic (exact) mass is 445 g/mol. The molecule has 0 radical (unpaired) electrons. The standard InChI is InChI=1S/C25H20ClN3O3/c26-17-7-4-15(5-8-17)24-21-3-1-2-20(21)22-14-16(6-13-23(22)28-24)25(30)27-18-9-11-19(12-10-18)29(31)32/h1-2,4-14,20-21,24,28H,3H2,(H,27,30)/t20-,21-,24-/m0/s1. The van der Waals surface area contributed by atoms with Crippen molar-refractivity contribution >= 4 is 34.6 Å². The van der Waals surface area contributed by atoms with Crippen LogP contribution in [0.3, 0.4) is 0 Å². The first-order chi connectivity index (χ1) is 15.5. The molecule has 0 unspecified atom stereocenters. The second kappa shape index (κ2) is 8.13. The zero-order chi connectivity index (χ0) is 22.2. The Balaban J connectivity index is 1.40. The van der Waals surface area contributed by atoms with Gasteiger partial charge < -0.3 is 10.6 Å². The molecule has 32 heavy (non-hydrogen) atoms. The lowest BCUT2D eigenvalue weighted by Crippen LogP contribution is -2.29. The van der Waals surface area contributed by atoms with Crippen molar-refractivity contribution in [1.82, 2.24) is 0 Å². The molecule has 3 aromatic carbocycles. The van der Waals surface area contributed by atoms with Gasteiger partial charge in [0.05, 0.1) is 11.0 Å². The Kier molecular flexibility index (Phi) is 5.15. The number of carbonyl (C=O) groups excluding carboxylic acids is 1. The molecule has 3 atom stereocenters. The van der Waals surface area contributed by atoms with Gasteiger partial charge in [-0.05, 0) is 65.9 Å². The van der Waals surface area contributed by atoms with Crippen molar-refractivity contribution in [2.75, 3.05) is 10.6 Å². The fraction of sp³-hybridized carbons (Fsp3) is 0.160. The average Bonchev–Trinajstić information content (AvgIpc) is 3.29. The van der Waals surface area contributed by atoms with E-state index in [1.54, 1.807) is 6.07 Å². The van der Waals surface area contributed by atoms with Gasteiger partial charge in [-0.3, -0.25) is 14.9 Å². The van der Waals surface area contributed by atoms with Crippen LogP contribution in [0.4, 0.5) is 17.1 Å². The fourth-order valence-corrected chi connectivity index (χ4v) is 4.73. The van der Waals surface area contributed by atoms with Crippen molar-refractivity contribution < 1.29 is 9.72 Å². The second-order valence-electron chi connectivity index (χ2n) is 8.09. The third-order valence-electron chi connectivity index (χ3n) is 6.19. The summed E-state index contributed by atoms with van der Waals surface area (Å²) in [6.07, 6.45) is 5.40. The summed E-state index contributed by atoms with van der Waals surface area (Å²) in [7, 11) is 0. The van der Waals surface area contributed by atoms with Crippen LogP contribution in [0.25, 0.3) is 0 Å². The lowest BCUT2D eigenvalue weighted by molar-refractivity contribution is -0.384. The zero-order valence-corrected chi connectivity index (χ0v) is 17.8. The maximum Gasteiger partial charge on any atom is 0.269 e. The van der Waals surface area contributed by atoms with Crippen LogP contribution in [0.1, 0.15) is 39.9 Å². The van der Waals surface area contributed by atoms with Gasteiger partial charge >= 0.3 is 0 Å². The van der Waals surface area contributed by atoms with Crippen LogP contribution in [0.5, 0.6) is 0 Å². The van der Waals surface area contributed by atoms with Crippen molar-refractivity contribution in [2.24, 2.45) is 5.92 Å². The van der Waals surface area contributed by atoms with E-state index in [1.165, 1.54) is 29.8 Å². The van der Waals surface area contributed by atoms with Gasteiger partial charge in [-0.25, -0.2) is 0 Å². The van der Waals surface area contributed by atoms with Gasteiger partial charge in [0.2, 0.25) is 0 Å². The molecule has 0 fully saturated rings. The summed E-state index contributed by atoms with van der Waals surface area (Å²) < 4.78 is 0. The van der Waals surface area contributed by atoms with E-state index in [-0.39, 0.29) is 23.6 Å². The van der Waals surface area contributed by atoms with E-state index in [2.05, 4.69) is 34.9 Å². The van der Waals surface area contributed by atoms with Crippen molar-refractivity contribution in [3.8, 4) is 0 Å². The topological polar surface area (TPSA) is 84.3 Å². The molecule has 2 aliphatic rings. The summed E-state index contributed by atoms with van der Waals surface area (Å²) in [5.74, 6) is 0.329. The van der Waals surface area contributed by atoms with Crippen LogP contribution in [0, 0.1) is 16.0 Å². The molecule has 0 spiro atoms. The first kappa shape index (κ1) is 20.3. The minimum Gasteiger partial charge on any atom is -0.378 e. The largest absolute Gasteiger partial charge is 0.378 e. The van der Waals surface area contributed by atoms with Gasteiger partial charge in [-0.1, -0.05) is 35.9 Å². The number of non-ortho nitro benzene ring substituents is 1. The molecule has 2 N–H and O–H groups in total. The third kappa shape index (κ3) is 3.74. The van der Waals surface area contributed by atoms with Crippen molar-refractivity contribution in [1.29, 1.82) is 0 Å². The molecule has 7 heteroatoms. The Morgan fingerprint density at radius 1 is 1.06 bits per heavy atom. The Morgan fingerprint density at radius 2 is 1.81 bits per heavy atom. The first-order valence-electron chi connectivity index (χ1n) is 10.4. The molecular formula is C25H20ClN3O3. The summed E-state index contributed by atoms with van der Waals surface area (Å²) in [4.78, 5) is 23.2. The number of halogens is 1. The predicted molar refractivity (Wildman–Crippen MR) is 125 cm³/mol. The lowest BCUT2D eigenvalue weighted by Gasteiger charge is -2.37. The SMILES string of the molecule is O=C(Nc1ccc([N+](=O)[O-])cc1)c1ccc2c(c1)[C@H]1C=CC[C@@H]1[C@H](c1ccc(Cl)cc1)N2. The molecule has 5 rings (SSSR count). The molecule has 1 aliphatic heterocycles. The minimum atomic E-state index is -0.467. The molecule has 1 amide bonds. The average molecular weight is 446 g/mol. The Morgan fingerprint density at radius 3 is 2.53 bits per heavy atom. The van der Waals surface area contributed by atoms with Crippen LogP contribution in [0.2, 0.25) is 5.02 Å². The highest BCUT2D eigenvalue weighted by Gasteiger charge is 2.38. The molecule has 0 bridgehead atoms. The summed E-state index contributed by atoms with van der Waals surface area (Å²) in [6, 6.07) is 19.6. The van der Waals surface area contributed by atoms with Crippen LogP contribution in [0.15, 0.2) is 78.9 Å². The van der Waals surface area contributed by atoms with Gasteiger partial charge in [0, 0.05) is 40.0 Å². The second-order valence-corrected chi connectivity index (χ2v) is 8.52. The summed E-state index contributed by atoms with van der Waals surface area (Å²) >= 11 is 6.07. The smallest absolute Gasteiger partial charge is 0.269 e. The molecule has 3 aromatic rings. The minimum absolute atomic E-state index is 0.0165. The van der Waals surface area contributed by atoms with E-state index in [9.17, 15) is 14.9 Å². The third-order valence-corrected chi connectivity index (χ3v) is 6.44. The van der Waals surface area contributed by atoms with E-state index in [1.807, 2.05) is 24.3 Å². The number of nitrogens with zero attached hydrogens (tertiary/aromatic N) is 1. The molecule has 6 nitrogen and oxygen atoms in total. The molecule has 0 aromatic heterocycles. The van der Waals surface area contributed by atoms with Gasteiger partial charge in [-0.2, -0.15) is 0 Å². The number of nitrogens with one attached hydrogen (secondary N) is 2. The maximum absolute atomic E-state index is 12.8. The van der Waals surface area contributed by atoms with Gasteiger partial charge in [-0.15, -0.1) is 0 Å². The van der Waals surface area contributed by atoms with E-state index >= 15 is 0 Å². The van der Waals surface area contributed by atoms with Crippen LogP contribution in [-0.4, -0.2) is 10.8 Å². The van der Waals surface area contributed by atoms with Crippen LogP contribution >= 0.6 is 11.6 Å². The first-order valence-corrected chi connectivity index (χ1v) is 10.8. The number of nitro benzene ring substituents is 1. The number of hydrogen-bond donors (Lipinski definition) is 2. The van der Waals surface area contributed by atoms with Crippen molar-refractivity contribution in [3.63, 3.8) is 0 Å². The number of anilines is 2. The summed E-state index contributed by atoms with van der Waals surface area (Å²) in [5, 5.41) is 18.0. The van der Waals surface area contributed by atoms with E-state index < -0.39 is 4.92 Å². The predicted octanol–water partition coefficient (Wildman–Crippen LogP) is 6.33. The highest BCUT2D eigenvalue weighted by molar-refractivity contribution is 6.30. The molecule has 1 aliphatic carbocycles. The molecule has 1 heterocycles. The number of fused-ring (bicyclic) bond motifs is 3. The van der Waals surface area contributed by atoms with E-state index in [4.69, 9.17) is 11.6 Å². The van der Waals surface area contributed by atoms with E-state index in [0.717, 1.165) is 22.7 Å². The van der Waals surface area contributed by atoms with Gasteiger partial charge in [0.15, 0.2) is 0 Å². The Labute approximate surface area is 190 Å². The number of amides is 1. The normalized spacial score (nSPS) is 20.7. The molecular weight excluding hydrogens is 426 g/mol. The lowest BCUT2D eigenvalue weighted by atomic mass is 9.76. The van der Waals surface area contributed by atoms with Crippen molar-refractivity contribution in [3.05, 3.63) is 111 Å².